The summed E-state index contributed by atoms with van der Waals surface area (Å²) in [6.07, 6.45) is 0.437. The van der Waals surface area contributed by atoms with Crippen molar-refractivity contribution >= 4 is 43.5 Å². The molecule has 0 aliphatic rings. The number of hydrogen-bond acceptors (Lipinski definition) is 0. The second-order valence-corrected chi connectivity index (χ2v) is 6.38. The molecule has 0 aliphatic heterocycles. The molecule has 100 valence electrons. The Morgan fingerprint density at radius 2 is 1.63 bits per heavy atom. The van der Waals surface area contributed by atoms with Gasteiger partial charge in [-0.2, -0.15) is 0 Å². The summed E-state index contributed by atoms with van der Waals surface area (Å²) in [6.45, 7) is 0. The van der Waals surface area contributed by atoms with Gasteiger partial charge in [-0.15, -0.1) is 11.6 Å². The van der Waals surface area contributed by atoms with E-state index in [9.17, 15) is 8.78 Å². The van der Waals surface area contributed by atoms with Crippen LogP contribution in [0.1, 0.15) is 16.5 Å². The monoisotopic (exact) mass is 408 g/mol. The van der Waals surface area contributed by atoms with Crippen molar-refractivity contribution in [1.29, 1.82) is 0 Å². The highest BCUT2D eigenvalue weighted by Gasteiger charge is 2.16. The number of rotatable bonds is 3. The molecular formula is C14H9Br2ClF2. The third-order valence-corrected chi connectivity index (χ3v) is 4.23. The van der Waals surface area contributed by atoms with Gasteiger partial charge < -0.3 is 0 Å². The van der Waals surface area contributed by atoms with Crippen molar-refractivity contribution in [2.24, 2.45) is 0 Å². The molecule has 0 amide bonds. The fourth-order valence-electron chi connectivity index (χ4n) is 1.72. The maximum Gasteiger partial charge on any atom is 0.137 e. The number of alkyl halides is 1. The van der Waals surface area contributed by atoms with Crippen LogP contribution in [0, 0.1) is 11.6 Å². The predicted octanol–water partition coefficient (Wildman–Crippen LogP) is 6.01. The van der Waals surface area contributed by atoms with Crippen LogP contribution in [-0.4, -0.2) is 0 Å². The lowest BCUT2D eigenvalue weighted by Crippen LogP contribution is -2.00. The second kappa shape index (κ2) is 6.33. The fourth-order valence-corrected chi connectivity index (χ4v) is 2.64. The van der Waals surface area contributed by atoms with Gasteiger partial charge in [-0.3, -0.25) is 0 Å². The summed E-state index contributed by atoms with van der Waals surface area (Å²) in [4.78, 5) is 0. The van der Waals surface area contributed by atoms with Crippen LogP contribution in [0.25, 0.3) is 0 Å². The molecule has 0 bridgehead atoms. The zero-order valence-corrected chi connectivity index (χ0v) is 13.6. The zero-order chi connectivity index (χ0) is 14.0. The first-order chi connectivity index (χ1) is 8.97. The van der Waals surface area contributed by atoms with Crippen LogP contribution in [0.3, 0.4) is 0 Å². The molecule has 2 rings (SSSR count). The van der Waals surface area contributed by atoms with Gasteiger partial charge in [0, 0.05) is 10.0 Å². The lowest BCUT2D eigenvalue weighted by molar-refractivity contribution is 0.577. The lowest BCUT2D eigenvalue weighted by atomic mass is 10.0. The molecular weight excluding hydrogens is 401 g/mol. The second-order valence-electron chi connectivity index (χ2n) is 4.09. The SMILES string of the molecule is Fc1cc(C(Cl)Cc2ccc(Br)cc2)c(F)cc1Br. The molecule has 0 aromatic heterocycles. The van der Waals surface area contributed by atoms with E-state index in [4.69, 9.17) is 11.6 Å². The van der Waals surface area contributed by atoms with E-state index in [1.165, 1.54) is 0 Å². The Morgan fingerprint density at radius 1 is 1.00 bits per heavy atom. The Hall–Kier alpha value is -0.450. The number of hydrogen-bond donors (Lipinski definition) is 0. The van der Waals surface area contributed by atoms with Gasteiger partial charge >= 0.3 is 0 Å². The zero-order valence-electron chi connectivity index (χ0n) is 9.64. The Bertz CT molecular complexity index is 585. The number of halogens is 5. The minimum absolute atomic E-state index is 0.0984. The molecule has 2 aromatic rings. The van der Waals surface area contributed by atoms with Gasteiger partial charge in [-0.05, 0) is 52.2 Å². The molecule has 0 saturated carbocycles. The average molecular weight is 410 g/mol. The van der Waals surface area contributed by atoms with Crippen molar-refractivity contribution in [3.05, 3.63) is 68.1 Å². The van der Waals surface area contributed by atoms with E-state index in [-0.39, 0.29) is 10.0 Å². The van der Waals surface area contributed by atoms with Crippen LogP contribution >= 0.6 is 43.5 Å². The van der Waals surface area contributed by atoms with Gasteiger partial charge in [0.2, 0.25) is 0 Å². The summed E-state index contributed by atoms with van der Waals surface area (Å²) >= 11 is 12.5. The van der Waals surface area contributed by atoms with E-state index in [2.05, 4.69) is 31.9 Å². The molecule has 1 atom stereocenters. The summed E-state index contributed by atoms with van der Waals surface area (Å²) in [5.41, 5.74) is 1.14. The van der Waals surface area contributed by atoms with Gasteiger partial charge in [0.25, 0.3) is 0 Å². The van der Waals surface area contributed by atoms with Crippen LogP contribution < -0.4 is 0 Å². The standard InChI is InChI=1S/C14H9Br2ClF2/c15-9-3-1-8(2-4-9)5-12(17)10-6-14(19)11(16)7-13(10)18/h1-4,6-7,12H,5H2. The molecule has 0 saturated heterocycles. The van der Waals surface area contributed by atoms with Gasteiger partial charge in [0.1, 0.15) is 11.6 Å². The quantitative estimate of drug-likeness (QED) is 0.429. The van der Waals surface area contributed by atoms with Gasteiger partial charge in [-0.25, -0.2) is 8.78 Å². The number of benzene rings is 2. The summed E-state index contributed by atoms with van der Waals surface area (Å²) < 4.78 is 28.3. The molecule has 0 heterocycles. The van der Waals surface area contributed by atoms with Crippen molar-refractivity contribution in [3.8, 4) is 0 Å². The maximum atomic E-state index is 13.8. The largest absolute Gasteiger partial charge is 0.207 e. The van der Waals surface area contributed by atoms with Crippen LogP contribution in [0.2, 0.25) is 0 Å². The van der Waals surface area contributed by atoms with Crippen molar-refractivity contribution in [2.45, 2.75) is 11.8 Å². The van der Waals surface area contributed by atoms with Crippen LogP contribution in [0.5, 0.6) is 0 Å². The third kappa shape index (κ3) is 3.77. The Morgan fingerprint density at radius 3 is 2.26 bits per heavy atom. The molecule has 5 heteroatoms. The van der Waals surface area contributed by atoms with Crippen molar-refractivity contribution in [2.75, 3.05) is 0 Å². The summed E-state index contributed by atoms with van der Waals surface area (Å²) in [5.74, 6) is -1.02. The van der Waals surface area contributed by atoms with Crippen LogP contribution in [0.4, 0.5) is 8.78 Å². The summed E-state index contributed by atoms with van der Waals surface area (Å²) in [6, 6.07) is 9.80. The van der Waals surface area contributed by atoms with Crippen molar-refractivity contribution in [1.82, 2.24) is 0 Å². The highest BCUT2D eigenvalue weighted by Crippen LogP contribution is 2.30. The highest BCUT2D eigenvalue weighted by molar-refractivity contribution is 9.10. The van der Waals surface area contributed by atoms with Crippen molar-refractivity contribution < 1.29 is 8.78 Å². The van der Waals surface area contributed by atoms with Crippen molar-refractivity contribution in [3.63, 3.8) is 0 Å². The first-order valence-corrected chi connectivity index (χ1v) is 7.52. The molecule has 0 radical (unpaired) electrons. The third-order valence-electron chi connectivity index (χ3n) is 2.71. The van der Waals surface area contributed by atoms with E-state index in [1.54, 1.807) is 0 Å². The minimum Gasteiger partial charge on any atom is -0.207 e. The minimum atomic E-state index is -0.608. The van der Waals surface area contributed by atoms with Gasteiger partial charge in [-0.1, -0.05) is 28.1 Å². The molecule has 0 fully saturated rings. The summed E-state index contributed by atoms with van der Waals surface area (Å²) in [7, 11) is 0. The molecule has 0 spiro atoms. The summed E-state index contributed by atoms with van der Waals surface area (Å²) in [5, 5.41) is -0.608. The molecule has 1 unspecified atom stereocenters. The lowest BCUT2D eigenvalue weighted by Gasteiger charge is -2.12. The molecule has 0 aliphatic carbocycles. The molecule has 19 heavy (non-hydrogen) atoms. The normalized spacial score (nSPS) is 12.5. The Balaban J connectivity index is 2.22. The highest BCUT2D eigenvalue weighted by atomic mass is 79.9. The average Bonchev–Trinajstić information content (AvgIpc) is 2.36. The van der Waals surface area contributed by atoms with E-state index in [1.807, 2.05) is 24.3 Å². The van der Waals surface area contributed by atoms with E-state index >= 15 is 0 Å². The first kappa shape index (κ1) is 14.9. The molecule has 0 N–H and O–H groups in total. The maximum absolute atomic E-state index is 13.8. The smallest absolute Gasteiger partial charge is 0.137 e. The molecule has 0 nitrogen and oxygen atoms in total. The van der Waals surface area contributed by atoms with Gasteiger partial charge in [0.05, 0.1) is 9.85 Å². The van der Waals surface area contributed by atoms with Crippen LogP contribution in [-0.2, 0) is 6.42 Å². The Kier molecular flexibility index (Phi) is 4.98. The van der Waals surface area contributed by atoms with Crippen LogP contribution in [0.15, 0.2) is 45.3 Å². The fraction of sp³-hybridized carbons (Fsp3) is 0.143. The van der Waals surface area contributed by atoms with E-state index < -0.39 is 17.0 Å². The topological polar surface area (TPSA) is 0 Å². The van der Waals surface area contributed by atoms with E-state index in [0.29, 0.717) is 6.42 Å². The predicted molar refractivity (Wildman–Crippen MR) is 80.5 cm³/mol. The van der Waals surface area contributed by atoms with Gasteiger partial charge in [0.15, 0.2) is 0 Å². The Labute approximate surface area is 132 Å². The first-order valence-electron chi connectivity index (χ1n) is 5.50. The molecule has 2 aromatic carbocycles. The van der Waals surface area contributed by atoms with E-state index in [0.717, 1.165) is 22.2 Å².